The summed E-state index contributed by atoms with van der Waals surface area (Å²) < 4.78 is 115. The number of hydrogen-bond donors (Lipinski definition) is 0. The summed E-state index contributed by atoms with van der Waals surface area (Å²) in [5, 5.41) is -0.405. The second kappa shape index (κ2) is 6.50. The van der Waals surface area contributed by atoms with E-state index in [4.69, 9.17) is 9.47 Å². The van der Waals surface area contributed by atoms with Crippen LogP contribution in [0.4, 0.5) is 26.3 Å². The number of methoxy groups -OCH3 is 2. The highest BCUT2D eigenvalue weighted by molar-refractivity contribution is 7.88. The first-order valence-electron chi connectivity index (χ1n) is 7.77. The fraction of sp³-hybridized carbons (Fsp3) is 0.467. The summed E-state index contributed by atoms with van der Waals surface area (Å²) in [6, 6.07) is 2.09. The Hall–Kier alpha value is -2.51. The van der Waals surface area contributed by atoms with Gasteiger partial charge in [0.15, 0.2) is 11.5 Å². The molecule has 1 fully saturated rings. The number of alkyl halides is 6. The molecule has 1 heterocycles. The van der Waals surface area contributed by atoms with Crippen molar-refractivity contribution in [2.24, 2.45) is 0 Å². The van der Waals surface area contributed by atoms with Crippen molar-refractivity contribution in [2.75, 3.05) is 14.2 Å². The van der Waals surface area contributed by atoms with Crippen molar-refractivity contribution in [1.29, 1.82) is 0 Å². The van der Waals surface area contributed by atoms with E-state index in [-0.39, 0.29) is 17.0 Å². The number of rotatable bonds is 5. The van der Waals surface area contributed by atoms with Gasteiger partial charge in [-0.3, -0.25) is 0 Å². The molecule has 1 aliphatic rings. The first-order valence-corrected chi connectivity index (χ1v) is 9.18. The first-order chi connectivity index (χ1) is 13.3. The molecule has 0 N–H and O–H groups in total. The number of ether oxygens (including phenoxy) is 2. The van der Waals surface area contributed by atoms with E-state index < -0.39 is 57.2 Å². The Labute approximate surface area is 159 Å². The van der Waals surface area contributed by atoms with E-state index in [1.807, 2.05) is 0 Å². The minimum Gasteiger partial charge on any atom is -0.493 e. The van der Waals surface area contributed by atoms with Crippen molar-refractivity contribution in [3.05, 3.63) is 18.0 Å². The van der Waals surface area contributed by atoms with Gasteiger partial charge in [0, 0.05) is 6.07 Å². The van der Waals surface area contributed by atoms with Gasteiger partial charge in [-0.15, -0.1) is 0 Å². The second-order valence-corrected chi connectivity index (χ2v) is 7.68. The van der Waals surface area contributed by atoms with Crippen LogP contribution in [-0.4, -0.2) is 44.3 Å². The van der Waals surface area contributed by atoms with Gasteiger partial charge < -0.3 is 13.7 Å². The zero-order valence-corrected chi connectivity index (χ0v) is 15.5. The largest absolute Gasteiger partial charge is 0.534 e. The third kappa shape index (κ3) is 3.49. The van der Waals surface area contributed by atoms with Crippen LogP contribution < -0.4 is 13.7 Å². The zero-order valence-electron chi connectivity index (χ0n) is 14.7. The van der Waals surface area contributed by atoms with Crippen molar-refractivity contribution in [3.8, 4) is 17.4 Å². The van der Waals surface area contributed by atoms with Crippen LogP contribution in [0.5, 0.6) is 17.4 Å². The lowest BCUT2D eigenvalue weighted by molar-refractivity contribution is -0.162. The number of aromatic nitrogens is 2. The van der Waals surface area contributed by atoms with Gasteiger partial charge in [0.2, 0.25) is 5.88 Å². The maximum Gasteiger partial charge on any atom is 0.534 e. The van der Waals surface area contributed by atoms with Crippen LogP contribution in [0.15, 0.2) is 12.1 Å². The Kier molecular flexibility index (Phi) is 4.75. The van der Waals surface area contributed by atoms with E-state index >= 15 is 0 Å². The Morgan fingerprint density at radius 1 is 0.966 bits per heavy atom. The number of hydrogen-bond acceptors (Lipinski definition) is 7. The zero-order chi connectivity index (χ0) is 21.8. The molecule has 1 aliphatic carbocycles. The molecule has 29 heavy (non-hydrogen) atoms. The molecule has 1 saturated carbocycles. The maximum absolute atomic E-state index is 13.4. The first kappa shape index (κ1) is 21.2. The van der Waals surface area contributed by atoms with Crippen LogP contribution in [0.1, 0.15) is 18.7 Å². The van der Waals surface area contributed by atoms with E-state index in [2.05, 4.69) is 14.2 Å². The molecule has 0 radical (unpaired) electrons. The Morgan fingerprint density at radius 2 is 1.52 bits per heavy atom. The normalized spacial score (nSPS) is 16.6. The molecule has 0 amide bonds. The fourth-order valence-electron chi connectivity index (χ4n) is 2.62. The molecule has 14 heteroatoms. The van der Waals surface area contributed by atoms with Gasteiger partial charge in [-0.2, -0.15) is 39.7 Å². The summed E-state index contributed by atoms with van der Waals surface area (Å²) in [5.41, 5.74) is -8.62. The maximum atomic E-state index is 13.4. The van der Waals surface area contributed by atoms with Gasteiger partial charge in [0.05, 0.1) is 25.1 Å². The topological polar surface area (TPSA) is 87.6 Å². The van der Waals surface area contributed by atoms with Crippen molar-refractivity contribution in [2.45, 2.75) is 29.9 Å². The molecule has 2 aromatic rings. The molecule has 0 bridgehead atoms. The highest BCUT2D eigenvalue weighted by Gasteiger charge is 2.66. The summed E-state index contributed by atoms with van der Waals surface area (Å²) in [5.74, 6) is -2.13. The molecule has 160 valence electrons. The van der Waals surface area contributed by atoms with Gasteiger partial charge in [-0.05, 0) is 18.9 Å². The third-order valence-electron chi connectivity index (χ3n) is 4.36. The SMILES string of the molecule is COc1cc2nc(C3(C(F)(F)F)CC3)nc(OS(=O)(=O)C(F)(F)F)c2cc1OC. The smallest absolute Gasteiger partial charge is 0.493 e. The van der Waals surface area contributed by atoms with E-state index in [1.165, 1.54) is 14.2 Å². The summed E-state index contributed by atoms with van der Waals surface area (Å²) in [6.45, 7) is 0. The molecular weight excluding hydrogens is 434 g/mol. The lowest BCUT2D eigenvalue weighted by Gasteiger charge is -2.20. The molecule has 0 unspecified atom stereocenters. The quantitative estimate of drug-likeness (QED) is 0.395. The summed E-state index contributed by atoms with van der Waals surface area (Å²) >= 11 is 0. The minimum atomic E-state index is -6.20. The molecule has 7 nitrogen and oxygen atoms in total. The van der Waals surface area contributed by atoms with Crippen LogP contribution in [0.25, 0.3) is 10.9 Å². The van der Waals surface area contributed by atoms with Crippen LogP contribution >= 0.6 is 0 Å². The van der Waals surface area contributed by atoms with E-state index in [0.29, 0.717) is 0 Å². The molecule has 0 aliphatic heterocycles. The highest BCUT2D eigenvalue weighted by Crippen LogP contribution is 2.58. The molecule has 0 saturated heterocycles. The Morgan fingerprint density at radius 3 is 1.97 bits per heavy atom. The molecule has 0 atom stereocenters. The summed E-state index contributed by atoms with van der Waals surface area (Å²) in [6.07, 6.45) is -5.60. The molecular formula is C15H12F6N2O5S. The monoisotopic (exact) mass is 446 g/mol. The van der Waals surface area contributed by atoms with Gasteiger partial charge in [0.1, 0.15) is 11.2 Å². The molecule has 0 spiro atoms. The van der Waals surface area contributed by atoms with Crippen LogP contribution in [-0.2, 0) is 15.5 Å². The van der Waals surface area contributed by atoms with Gasteiger partial charge >= 0.3 is 21.8 Å². The van der Waals surface area contributed by atoms with E-state index in [1.54, 1.807) is 0 Å². The van der Waals surface area contributed by atoms with Crippen molar-refractivity contribution < 1.29 is 48.4 Å². The Bertz CT molecular complexity index is 1060. The lowest BCUT2D eigenvalue weighted by atomic mass is 10.1. The van der Waals surface area contributed by atoms with Crippen LogP contribution in [0, 0.1) is 0 Å². The van der Waals surface area contributed by atoms with Crippen molar-refractivity contribution in [1.82, 2.24) is 9.97 Å². The third-order valence-corrected chi connectivity index (χ3v) is 5.30. The predicted octanol–water partition coefficient (Wildman–Crippen LogP) is 3.47. The van der Waals surface area contributed by atoms with Crippen LogP contribution in [0.2, 0.25) is 0 Å². The van der Waals surface area contributed by atoms with E-state index in [0.717, 1.165) is 12.1 Å². The lowest BCUT2D eigenvalue weighted by Crippen LogP contribution is -2.32. The van der Waals surface area contributed by atoms with Gasteiger partial charge in [0.25, 0.3) is 0 Å². The standard InChI is InChI=1S/C15H12F6N2O5S/c1-26-9-5-7-8(6-10(9)27-2)22-12(13(3-4-13)14(16,17)18)23-11(7)28-29(24,25)15(19,20)21/h5-6H,3-4H2,1-2H3. The average molecular weight is 446 g/mol. The fourth-order valence-corrected chi connectivity index (χ4v) is 3.04. The molecule has 1 aromatic carbocycles. The van der Waals surface area contributed by atoms with Gasteiger partial charge in [-0.1, -0.05) is 0 Å². The Balaban J connectivity index is 2.29. The average Bonchev–Trinajstić information content (AvgIpc) is 3.41. The summed E-state index contributed by atoms with van der Waals surface area (Å²) in [4.78, 5) is 7.19. The molecule has 3 rings (SSSR count). The molecule has 1 aromatic heterocycles. The van der Waals surface area contributed by atoms with E-state index in [9.17, 15) is 34.8 Å². The highest BCUT2D eigenvalue weighted by atomic mass is 32.2. The number of fused-ring (bicyclic) bond motifs is 1. The van der Waals surface area contributed by atoms with Gasteiger partial charge in [-0.25, -0.2) is 4.98 Å². The number of halogens is 6. The van der Waals surface area contributed by atoms with Crippen molar-refractivity contribution in [3.63, 3.8) is 0 Å². The van der Waals surface area contributed by atoms with Crippen molar-refractivity contribution >= 4 is 21.0 Å². The second-order valence-electron chi connectivity index (χ2n) is 6.14. The van der Waals surface area contributed by atoms with Crippen LogP contribution in [0.3, 0.4) is 0 Å². The number of benzene rings is 1. The number of nitrogens with zero attached hydrogens (tertiary/aromatic N) is 2. The predicted molar refractivity (Wildman–Crippen MR) is 85.2 cm³/mol. The summed E-state index contributed by atoms with van der Waals surface area (Å²) in [7, 11) is -3.79. The minimum absolute atomic E-state index is 0.00568.